The third kappa shape index (κ3) is 3.98. The minimum Gasteiger partial charge on any atom is -0.468 e. The number of ether oxygens (including phenoxy) is 1. The molecular weight excluding hydrogens is 374 g/mol. The Morgan fingerprint density at radius 2 is 1.81 bits per heavy atom. The fourth-order valence-corrected chi connectivity index (χ4v) is 4.37. The summed E-state index contributed by atoms with van der Waals surface area (Å²) in [5.74, 6) is -0.567. The van der Waals surface area contributed by atoms with Crippen LogP contribution < -0.4 is 0 Å². The standard InChI is InChI=1S/C19H18ClNO4S/c1-25-19(22)18-12-15-4-2-3-5-16(15)13-21(18)26(23,24)11-10-14-6-8-17(20)9-7-14/h2-11,18H,12-13H2,1H3/b11-10+/t18-/m1/s1. The molecule has 1 heterocycles. The molecule has 3 rings (SSSR count). The molecule has 0 saturated heterocycles. The van der Waals surface area contributed by atoms with Crippen molar-refractivity contribution in [2.24, 2.45) is 0 Å². The summed E-state index contributed by atoms with van der Waals surface area (Å²) in [5, 5.41) is 1.68. The first kappa shape index (κ1) is 18.6. The summed E-state index contributed by atoms with van der Waals surface area (Å²) in [6.45, 7) is 0.128. The van der Waals surface area contributed by atoms with Gasteiger partial charge in [-0.3, -0.25) is 4.79 Å². The van der Waals surface area contributed by atoms with Crippen LogP contribution in [-0.2, 0) is 32.5 Å². The second-order valence-electron chi connectivity index (χ2n) is 5.96. The number of nitrogens with zero attached hydrogens (tertiary/aromatic N) is 1. The number of carbonyl (C=O) groups excluding carboxylic acids is 1. The first-order valence-electron chi connectivity index (χ1n) is 8.01. The lowest BCUT2D eigenvalue weighted by Gasteiger charge is -2.33. The second-order valence-corrected chi connectivity index (χ2v) is 8.16. The number of rotatable bonds is 4. The molecule has 0 amide bonds. The fraction of sp³-hybridized carbons (Fsp3) is 0.211. The van der Waals surface area contributed by atoms with Gasteiger partial charge in [0.15, 0.2) is 0 Å². The maximum Gasteiger partial charge on any atom is 0.324 e. The summed E-state index contributed by atoms with van der Waals surface area (Å²) in [7, 11) is -2.56. The summed E-state index contributed by atoms with van der Waals surface area (Å²) in [5.41, 5.74) is 2.54. The molecule has 0 spiro atoms. The zero-order valence-electron chi connectivity index (χ0n) is 14.1. The number of fused-ring (bicyclic) bond motifs is 1. The Kier molecular flexibility index (Phi) is 5.46. The Bertz CT molecular complexity index is 938. The Morgan fingerprint density at radius 3 is 2.46 bits per heavy atom. The van der Waals surface area contributed by atoms with Crippen LogP contribution in [0.15, 0.2) is 53.9 Å². The van der Waals surface area contributed by atoms with Crippen molar-refractivity contribution in [1.29, 1.82) is 0 Å². The van der Waals surface area contributed by atoms with E-state index in [1.54, 1.807) is 24.3 Å². The Labute approximate surface area is 157 Å². The highest BCUT2D eigenvalue weighted by Gasteiger charge is 2.38. The summed E-state index contributed by atoms with van der Waals surface area (Å²) >= 11 is 5.84. The lowest BCUT2D eigenvalue weighted by atomic mass is 9.96. The Morgan fingerprint density at radius 1 is 1.15 bits per heavy atom. The van der Waals surface area contributed by atoms with Crippen molar-refractivity contribution >= 4 is 33.7 Å². The summed E-state index contributed by atoms with van der Waals surface area (Å²) in [4.78, 5) is 12.2. The van der Waals surface area contributed by atoms with Crippen LogP contribution in [0.25, 0.3) is 6.08 Å². The minimum atomic E-state index is -3.82. The van der Waals surface area contributed by atoms with E-state index in [9.17, 15) is 13.2 Å². The number of halogens is 1. The van der Waals surface area contributed by atoms with Gasteiger partial charge in [0.25, 0.3) is 0 Å². The van der Waals surface area contributed by atoms with Gasteiger partial charge in [-0.2, -0.15) is 4.31 Å². The SMILES string of the molecule is COC(=O)[C@H]1Cc2ccccc2CN1S(=O)(=O)/C=C/c1ccc(Cl)cc1. The van der Waals surface area contributed by atoms with Gasteiger partial charge >= 0.3 is 5.97 Å². The molecule has 1 atom stereocenters. The van der Waals surface area contributed by atoms with E-state index in [-0.39, 0.29) is 13.0 Å². The quantitative estimate of drug-likeness (QED) is 0.750. The van der Waals surface area contributed by atoms with E-state index < -0.39 is 22.0 Å². The Balaban J connectivity index is 1.92. The highest BCUT2D eigenvalue weighted by Crippen LogP contribution is 2.27. The van der Waals surface area contributed by atoms with Gasteiger partial charge in [-0.15, -0.1) is 0 Å². The molecule has 7 heteroatoms. The van der Waals surface area contributed by atoms with Crippen LogP contribution in [0.1, 0.15) is 16.7 Å². The zero-order valence-corrected chi connectivity index (χ0v) is 15.7. The third-order valence-electron chi connectivity index (χ3n) is 4.31. The number of sulfonamides is 1. The molecule has 0 fully saturated rings. The van der Waals surface area contributed by atoms with Crippen molar-refractivity contribution in [3.05, 3.63) is 75.7 Å². The molecule has 136 valence electrons. The van der Waals surface area contributed by atoms with E-state index in [0.717, 1.165) is 16.5 Å². The number of methoxy groups -OCH3 is 1. The number of esters is 1. The fourth-order valence-electron chi connectivity index (χ4n) is 2.92. The molecule has 0 radical (unpaired) electrons. The molecule has 0 N–H and O–H groups in total. The molecule has 0 unspecified atom stereocenters. The minimum absolute atomic E-state index is 0.128. The number of hydrogen-bond acceptors (Lipinski definition) is 4. The van der Waals surface area contributed by atoms with E-state index in [1.807, 2.05) is 24.3 Å². The molecule has 5 nitrogen and oxygen atoms in total. The number of benzene rings is 2. The van der Waals surface area contributed by atoms with E-state index in [2.05, 4.69) is 0 Å². The topological polar surface area (TPSA) is 63.7 Å². The predicted molar refractivity (Wildman–Crippen MR) is 101 cm³/mol. The largest absolute Gasteiger partial charge is 0.468 e. The van der Waals surface area contributed by atoms with E-state index in [1.165, 1.54) is 17.5 Å². The van der Waals surface area contributed by atoms with Crippen LogP contribution in [0.3, 0.4) is 0 Å². The molecule has 0 aliphatic carbocycles. The van der Waals surface area contributed by atoms with E-state index in [4.69, 9.17) is 16.3 Å². The summed E-state index contributed by atoms with van der Waals surface area (Å²) < 4.78 is 31.8. The first-order chi connectivity index (χ1) is 12.4. The molecule has 1 aliphatic rings. The van der Waals surface area contributed by atoms with Crippen LogP contribution >= 0.6 is 11.6 Å². The van der Waals surface area contributed by atoms with Gasteiger partial charge in [0.05, 0.1) is 7.11 Å². The summed E-state index contributed by atoms with van der Waals surface area (Å²) in [6, 6.07) is 13.4. The van der Waals surface area contributed by atoms with Crippen LogP contribution in [0.4, 0.5) is 0 Å². The Hall–Kier alpha value is -2.15. The van der Waals surface area contributed by atoms with Gasteiger partial charge in [-0.1, -0.05) is 48.0 Å². The van der Waals surface area contributed by atoms with Gasteiger partial charge in [0.1, 0.15) is 6.04 Å². The normalized spacial score (nSPS) is 17.8. The van der Waals surface area contributed by atoms with Crippen LogP contribution in [-0.4, -0.2) is 31.8 Å². The lowest BCUT2D eigenvalue weighted by Crippen LogP contribution is -2.48. The lowest BCUT2D eigenvalue weighted by molar-refractivity contribution is -0.145. The molecule has 0 bridgehead atoms. The highest BCUT2D eigenvalue weighted by atomic mass is 35.5. The molecule has 26 heavy (non-hydrogen) atoms. The summed E-state index contributed by atoms with van der Waals surface area (Å²) in [6.07, 6.45) is 1.78. The van der Waals surface area contributed by atoms with Gasteiger partial charge < -0.3 is 4.74 Å². The zero-order chi connectivity index (χ0) is 18.7. The number of hydrogen-bond donors (Lipinski definition) is 0. The molecule has 1 aliphatic heterocycles. The van der Waals surface area contributed by atoms with Crippen LogP contribution in [0.5, 0.6) is 0 Å². The maximum atomic E-state index is 12.9. The van der Waals surface area contributed by atoms with Crippen molar-refractivity contribution in [2.75, 3.05) is 7.11 Å². The van der Waals surface area contributed by atoms with Crippen molar-refractivity contribution in [1.82, 2.24) is 4.31 Å². The van der Waals surface area contributed by atoms with Crippen molar-refractivity contribution < 1.29 is 17.9 Å². The van der Waals surface area contributed by atoms with Gasteiger partial charge in [-0.05, 0) is 34.9 Å². The molecule has 0 aromatic heterocycles. The van der Waals surface area contributed by atoms with Gasteiger partial charge in [0, 0.05) is 23.4 Å². The molecule has 2 aromatic rings. The van der Waals surface area contributed by atoms with Crippen molar-refractivity contribution in [3.63, 3.8) is 0 Å². The van der Waals surface area contributed by atoms with Crippen molar-refractivity contribution in [2.45, 2.75) is 19.0 Å². The monoisotopic (exact) mass is 391 g/mol. The molecular formula is C19H18ClNO4S. The van der Waals surface area contributed by atoms with Crippen molar-refractivity contribution in [3.8, 4) is 0 Å². The predicted octanol–water partition coefficient (Wildman–Crippen LogP) is 3.24. The van der Waals surface area contributed by atoms with Gasteiger partial charge in [0.2, 0.25) is 10.0 Å². The van der Waals surface area contributed by atoms with E-state index >= 15 is 0 Å². The molecule has 0 saturated carbocycles. The highest BCUT2D eigenvalue weighted by molar-refractivity contribution is 7.92. The second kappa shape index (κ2) is 7.61. The third-order valence-corrected chi connectivity index (χ3v) is 6.08. The maximum absolute atomic E-state index is 12.9. The average molecular weight is 392 g/mol. The average Bonchev–Trinajstić information content (AvgIpc) is 2.66. The first-order valence-corrected chi connectivity index (χ1v) is 9.89. The van der Waals surface area contributed by atoms with Crippen LogP contribution in [0, 0.1) is 0 Å². The molecule has 2 aromatic carbocycles. The number of carbonyl (C=O) groups is 1. The van der Waals surface area contributed by atoms with E-state index in [0.29, 0.717) is 10.6 Å². The van der Waals surface area contributed by atoms with Crippen LogP contribution in [0.2, 0.25) is 5.02 Å². The van der Waals surface area contributed by atoms with Gasteiger partial charge in [-0.25, -0.2) is 8.42 Å². The smallest absolute Gasteiger partial charge is 0.324 e.